The predicted molar refractivity (Wildman–Crippen MR) is 97.8 cm³/mol. The topological polar surface area (TPSA) is 56.4 Å². The van der Waals surface area contributed by atoms with Crippen LogP contribution in [-0.2, 0) is 74.2 Å². The summed E-state index contributed by atoms with van der Waals surface area (Å²) in [6.45, 7) is 24.1. The van der Waals surface area contributed by atoms with E-state index in [2.05, 4.69) is 21.3 Å². The first kappa shape index (κ1) is 50.2. The average Bonchev–Trinajstić information content (AvgIpc) is 2.44. The first-order valence-corrected chi connectivity index (χ1v) is 8.19. The minimum absolute atomic E-state index is 0. The van der Waals surface area contributed by atoms with Gasteiger partial charge in [-0.1, -0.05) is 55.4 Å². The molecule has 0 aliphatic heterocycles. The quantitative estimate of drug-likeness (QED) is 0.425. The van der Waals surface area contributed by atoms with Gasteiger partial charge in [0.25, 0.3) is 0 Å². The Bertz CT molecular complexity index is 84.1. The van der Waals surface area contributed by atoms with Crippen molar-refractivity contribution in [3.63, 3.8) is 0 Å². The fourth-order valence-corrected chi connectivity index (χ4v) is 0.894. The predicted octanol–water partition coefficient (Wildman–Crippen LogP) is 5.59. The van der Waals surface area contributed by atoms with Gasteiger partial charge in [0.1, 0.15) is 0 Å². The van der Waals surface area contributed by atoms with Gasteiger partial charge in [-0.2, -0.15) is 52.4 Å². The molecule has 148 valence electrons. The summed E-state index contributed by atoms with van der Waals surface area (Å²) in [5, 5.41) is 15.9. The summed E-state index contributed by atoms with van der Waals surface area (Å²) in [7, 11) is 0. The maximum absolute atomic E-state index is 3.97. The van der Waals surface area contributed by atoms with Crippen LogP contribution in [0.5, 0.6) is 0 Å². The molecule has 0 aromatic carbocycles. The average molecular weight is 492 g/mol. The molecule has 0 aromatic heterocycles. The third-order valence-electron chi connectivity index (χ3n) is 1.79. The van der Waals surface area contributed by atoms with E-state index in [0.717, 1.165) is 52.4 Å². The summed E-state index contributed by atoms with van der Waals surface area (Å²) < 4.78 is 0. The molecule has 8 heteroatoms. The Kier molecular flexibility index (Phi) is 153. The Labute approximate surface area is 201 Å². The molecule has 24 heavy (non-hydrogen) atoms. The summed E-state index contributed by atoms with van der Waals surface area (Å²) in [6, 6.07) is 0. The second kappa shape index (κ2) is 73.2. The van der Waals surface area contributed by atoms with Gasteiger partial charge >= 0.3 is 0 Å². The first-order valence-electron chi connectivity index (χ1n) is 8.19. The molecule has 4 radical (unpaired) electrons. The Morgan fingerprint density at radius 1 is 0.292 bits per heavy atom. The second-order valence-corrected chi connectivity index (χ2v) is 3.42. The molecule has 0 atom stereocenters. The van der Waals surface area contributed by atoms with Gasteiger partial charge in [0, 0.05) is 74.2 Å². The smallest absolute Gasteiger partial charge is 0 e. The third kappa shape index (κ3) is 125. The van der Waals surface area contributed by atoms with Crippen molar-refractivity contribution in [2.24, 2.45) is 0 Å². The van der Waals surface area contributed by atoms with E-state index in [1.807, 2.05) is 55.4 Å². The molecule has 0 rings (SSSR count). The van der Waals surface area contributed by atoms with Crippen molar-refractivity contribution in [1.82, 2.24) is 0 Å². The molecule has 4 nitrogen and oxygen atoms in total. The molecule has 0 aliphatic rings. The largest absolute Gasteiger partial charge is 0.663 e. The van der Waals surface area contributed by atoms with Crippen LogP contribution in [0.15, 0.2) is 0 Å². The summed E-state index contributed by atoms with van der Waals surface area (Å²) in [4.78, 5) is 0. The number of rotatable bonds is 8. The van der Waals surface area contributed by atoms with Gasteiger partial charge < -0.3 is 21.3 Å². The van der Waals surface area contributed by atoms with Crippen molar-refractivity contribution >= 4 is 0 Å². The van der Waals surface area contributed by atoms with E-state index < -0.39 is 0 Å². The second-order valence-electron chi connectivity index (χ2n) is 3.42. The van der Waals surface area contributed by atoms with Crippen molar-refractivity contribution in [2.45, 2.75) is 55.4 Å². The van der Waals surface area contributed by atoms with E-state index in [-0.39, 0.29) is 74.2 Å². The van der Waals surface area contributed by atoms with Gasteiger partial charge in [0.05, 0.1) is 0 Å². The van der Waals surface area contributed by atoms with Crippen LogP contribution in [0.25, 0.3) is 21.3 Å². The van der Waals surface area contributed by atoms with Crippen LogP contribution in [-0.4, -0.2) is 52.4 Å². The van der Waals surface area contributed by atoms with E-state index in [1.165, 1.54) is 0 Å². The SMILES string of the molecule is CC[N-]CC.CC[N-]CC.CC[N-]CC.CC[N-]CC.[V].[V].[V].[V]. The molecule has 0 bridgehead atoms. The van der Waals surface area contributed by atoms with Crippen LogP contribution in [0.4, 0.5) is 0 Å². The molecular weight excluding hydrogens is 452 g/mol. The zero-order valence-corrected chi connectivity index (χ0v) is 22.8. The van der Waals surface area contributed by atoms with Crippen molar-refractivity contribution in [3.05, 3.63) is 21.3 Å². The van der Waals surface area contributed by atoms with E-state index in [0.29, 0.717) is 0 Å². The Morgan fingerprint density at radius 3 is 0.375 bits per heavy atom. The van der Waals surface area contributed by atoms with Gasteiger partial charge in [0.15, 0.2) is 0 Å². The molecule has 0 saturated carbocycles. The monoisotopic (exact) mass is 492 g/mol. The minimum atomic E-state index is 0. The van der Waals surface area contributed by atoms with Gasteiger partial charge in [0.2, 0.25) is 0 Å². The van der Waals surface area contributed by atoms with Crippen molar-refractivity contribution in [2.75, 3.05) is 52.4 Å². The van der Waals surface area contributed by atoms with Gasteiger partial charge in [-0.25, -0.2) is 0 Å². The molecule has 0 unspecified atom stereocenters. The molecule has 0 saturated heterocycles. The Hall–Kier alpha value is 2.18. The standard InChI is InChI=1S/4C4H10N.4V/c4*1-3-5-4-2;;;;/h4*3-4H2,1-2H3;;;;/q4*-1;;;;. The van der Waals surface area contributed by atoms with E-state index >= 15 is 0 Å². The molecule has 0 heterocycles. The van der Waals surface area contributed by atoms with Crippen molar-refractivity contribution in [3.8, 4) is 0 Å². The van der Waals surface area contributed by atoms with Crippen LogP contribution < -0.4 is 0 Å². The summed E-state index contributed by atoms with van der Waals surface area (Å²) in [5.74, 6) is 0. The fourth-order valence-electron chi connectivity index (χ4n) is 0.894. The van der Waals surface area contributed by atoms with Crippen molar-refractivity contribution < 1.29 is 74.2 Å². The van der Waals surface area contributed by atoms with Crippen molar-refractivity contribution in [1.29, 1.82) is 0 Å². The number of nitrogens with zero attached hydrogens (tertiary/aromatic N) is 4. The first-order chi connectivity index (χ1) is 9.66. The van der Waals surface area contributed by atoms with Gasteiger partial charge in [-0.05, 0) is 0 Å². The maximum atomic E-state index is 3.97. The summed E-state index contributed by atoms with van der Waals surface area (Å²) in [5.41, 5.74) is 0. The van der Waals surface area contributed by atoms with Crippen LogP contribution >= 0.6 is 0 Å². The van der Waals surface area contributed by atoms with Crippen LogP contribution in [0, 0.1) is 0 Å². The Balaban J connectivity index is -0.0000000225. The molecule has 0 N–H and O–H groups in total. The molecule has 0 amide bonds. The zero-order chi connectivity index (χ0) is 16.5. The Morgan fingerprint density at radius 2 is 0.375 bits per heavy atom. The van der Waals surface area contributed by atoms with Crippen LogP contribution in [0.1, 0.15) is 55.4 Å². The normalized spacial score (nSPS) is 7.00. The molecule has 0 spiro atoms. The van der Waals surface area contributed by atoms with E-state index in [4.69, 9.17) is 0 Å². The maximum Gasteiger partial charge on any atom is 0 e. The van der Waals surface area contributed by atoms with Crippen LogP contribution in [0.2, 0.25) is 0 Å². The van der Waals surface area contributed by atoms with E-state index in [1.54, 1.807) is 0 Å². The zero-order valence-electron chi connectivity index (χ0n) is 17.2. The van der Waals surface area contributed by atoms with Gasteiger partial charge in [-0.3, -0.25) is 0 Å². The third-order valence-corrected chi connectivity index (χ3v) is 1.79. The fraction of sp³-hybridized carbons (Fsp3) is 1.00. The minimum Gasteiger partial charge on any atom is -0.663 e. The number of hydrogen-bond donors (Lipinski definition) is 0. The number of hydrogen-bond acceptors (Lipinski definition) is 0. The summed E-state index contributed by atoms with van der Waals surface area (Å²) >= 11 is 0. The van der Waals surface area contributed by atoms with Crippen LogP contribution in [0.3, 0.4) is 0 Å². The molecule has 0 fully saturated rings. The summed E-state index contributed by atoms with van der Waals surface area (Å²) in [6.07, 6.45) is 0. The molecule has 0 aromatic rings. The van der Waals surface area contributed by atoms with E-state index in [9.17, 15) is 0 Å². The molecular formula is C16H40N4V4-4. The van der Waals surface area contributed by atoms with Gasteiger partial charge in [-0.15, -0.1) is 0 Å². The molecule has 0 aliphatic carbocycles.